The highest BCUT2D eigenvalue weighted by atomic mass is 16.5. The zero-order valence-electron chi connectivity index (χ0n) is 26.5. The number of nitrogens with zero attached hydrogens (tertiary/aromatic N) is 2. The van der Waals surface area contributed by atoms with E-state index in [-0.39, 0.29) is 18.5 Å². The van der Waals surface area contributed by atoms with Gasteiger partial charge in [-0.1, -0.05) is 89.2 Å². The SMILES string of the molecule is C=C/C(=C\C)c1ccc(-c2ccc(-c3cnc(C4CCCN4C(=O)CNC(=O)OC)[nH]3)c3c2C(C)CC3C)cc1.CCC. The number of hydrogen-bond acceptors (Lipinski definition) is 4. The molecule has 2 aliphatic rings. The molecule has 0 radical (unpaired) electrons. The van der Waals surface area contributed by atoms with E-state index in [1.165, 1.54) is 46.9 Å². The number of hydrogen-bond donors (Lipinski definition) is 2. The van der Waals surface area contributed by atoms with Crippen LogP contribution < -0.4 is 5.32 Å². The number of aromatic nitrogens is 2. The lowest BCUT2D eigenvalue weighted by Gasteiger charge is -2.23. The maximum Gasteiger partial charge on any atom is 0.407 e. The molecule has 1 aliphatic heterocycles. The molecule has 1 aliphatic carbocycles. The van der Waals surface area contributed by atoms with Gasteiger partial charge in [0.1, 0.15) is 12.4 Å². The number of nitrogens with one attached hydrogen (secondary N) is 2. The number of benzene rings is 2. The molecule has 3 unspecified atom stereocenters. The number of allylic oxidation sites excluding steroid dienone is 3. The predicted octanol–water partition coefficient (Wildman–Crippen LogP) is 8.38. The van der Waals surface area contributed by atoms with Crippen molar-refractivity contribution in [1.29, 1.82) is 0 Å². The van der Waals surface area contributed by atoms with Crippen molar-refractivity contribution in [3.05, 3.63) is 83.8 Å². The van der Waals surface area contributed by atoms with Crippen molar-refractivity contribution in [2.24, 2.45) is 0 Å². The van der Waals surface area contributed by atoms with Gasteiger partial charge in [-0.3, -0.25) is 4.79 Å². The number of rotatable bonds is 7. The van der Waals surface area contributed by atoms with Crippen LogP contribution in [0, 0.1) is 0 Å². The number of imidazole rings is 1. The zero-order valence-corrected chi connectivity index (χ0v) is 26.5. The van der Waals surface area contributed by atoms with E-state index in [2.05, 4.69) is 91.8 Å². The minimum absolute atomic E-state index is 0.0915. The van der Waals surface area contributed by atoms with Gasteiger partial charge in [-0.25, -0.2) is 9.78 Å². The number of aromatic amines is 1. The number of fused-ring (bicyclic) bond motifs is 1. The van der Waals surface area contributed by atoms with Gasteiger partial charge < -0.3 is 19.9 Å². The fraction of sp³-hybridized carbons (Fsp3) is 0.417. The average molecular weight is 583 g/mol. The second-order valence-corrected chi connectivity index (χ2v) is 11.5. The highest BCUT2D eigenvalue weighted by Crippen LogP contribution is 2.50. The fourth-order valence-corrected chi connectivity index (χ4v) is 6.51. The second-order valence-electron chi connectivity index (χ2n) is 11.5. The molecule has 228 valence electrons. The van der Waals surface area contributed by atoms with Crippen molar-refractivity contribution < 1.29 is 14.3 Å². The number of carbonyl (C=O) groups excluding carboxylic acids is 2. The van der Waals surface area contributed by atoms with Crippen molar-refractivity contribution in [3.63, 3.8) is 0 Å². The van der Waals surface area contributed by atoms with E-state index < -0.39 is 6.09 Å². The molecule has 3 aromatic rings. The summed E-state index contributed by atoms with van der Waals surface area (Å²) in [5.41, 5.74) is 9.75. The maximum atomic E-state index is 12.8. The van der Waals surface area contributed by atoms with Gasteiger partial charge in [0.15, 0.2) is 0 Å². The van der Waals surface area contributed by atoms with Crippen LogP contribution in [-0.4, -0.2) is 47.1 Å². The van der Waals surface area contributed by atoms with Gasteiger partial charge in [0.25, 0.3) is 0 Å². The third-order valence-corrected chi connectivity index (χ3v) is 8.38. The van der Waals surface area contributed by atoms with E-state index in [4.69, 9.17) is 4.98 Å². The van der Waals surface area contributed by atoms with Crippen molar-refractivity contribution >= 4 is 17.6 Å². The lowest BCUT2D eigenvalue weighted by Crippen LogP contribution is -2.40. The Bertz CT molecular complexity index is 1470. The number of likely N-dealkylation sites (tertiary alicyclic amines) is 1. The number of ether oxygens (including phenoxy) is 1. The van der Waals surface area contributed by atoms with Crippen molar-refractivity contribution in [1.82, 2.24) is 20.2 Å². The van der Waals surface area contributed by atoms with Crippen LogP contribution in [0.25, 0.3) is 28.0 Å². The standard InChI is InChI=1S/C33H38N4O3.C3H8/c1-6-22(7-2)23-10-12-24(13-11-23)25-14-15-26(31-21(4)17-20(3)30(25)31)27-18-34-32(36-27)28-9-8-16-37(28)29(38)19-35-33(39)40-5;1-3-2/h6-7,10-15,18,20-21,28H,1,8-9,16-17,19H2,2-5H3,(H,34,36)(H,35,39);3H2,1-2H3/b22-7+;. The molecule has 7 nitrogen and oxygen atoms in total. The van der Waals surface area contributed by atoms with Gasteiger partial charge in [0, 0.05) is 12.1 Å². The first-order valence-electron chi connectivity index (χ1n) is 15.5. The fourth-order valence-electron chi connectivity index (χ4n) is 6.51. The van der Waals surface area contributed by atoms with Crippen LogP contribution in [0.15, 0.2) is 61.3 Å². The maximum absolute atomic E-state index is 12.8. The molecule has 2 N–H and O–H groups in total. The Morgan fingerprint density at radius 1 is 1.09 bits per heavy atom. The first kappa shape index (κ1) is 31.8. The highest BCUT2D eigenvalue weighted by Gasteiger charge is 2.34. The Kier molecular flexibility index (Phi) is 10.6. The lowest BCUT2D eigenvalue weighted by molar-refractivity contribution is -0.131. The number of carbonyl (C=O) groups is 2. The van der Waals surface area contributed by atoms with E-state index in [0.29, 0.717) is 18.4 Å². The Labute approximate surface area is 256 Å². The van der Waals surface area contributed by atoms with E-state index in [1.807, 2.05) is 19.2 Å². The Morgan fingerprint density at radius 2 is 1.74 bits per heavy atom. The molecule has 0 spiro atoms. The minimum atomic E-state index is -0.611. The van der Waals surface area contributed by atoms with Gasteiger partial charge in [-0.15, -0.1) is 0 Å². The monoisotopic (exact) mass is 582 g/mol. The van der Waals surface area contributed by atoms with Crippen LogP contribution in [0.1, 0.15) is 101 Å². The smallest absolute Gasteiger partial charge is 0.407 e. The van der Waals surface area contributed by atoms with Gasteiger partial charge in [-0.05, 0) is 71.4 Å². The van der Waals surface area contributed by atoms with Crippen LogP contribution in [0.4, 0.5) is 4.79 Å². The zero-order chi connectivity index (χ0) is 31.1. The minimum Gasteiger partial charge on any atom is -0.453 e. The summed E-state index contributed by atoms with van der Waals surface area (Å²) in [6.45, 7) is 15.4. The van der Waals surface area contributed by atoms with Gasteiger partial charge in [0.2, 0.25) is 5.91 Å². The molecular formula is C36H46N4O3. The second kappa shape index (κ2) is 14.4. The molecular weight excluding hydrogens is 536 g/mol. The highest BCUT2D eigenvalue weighted by molar-refractivity contribution is 5.83. The van der Waals surface area contributed by atoms with Gasteiger partial charge >= 0.3 is 6.09 Å². The third-order valence-electron chi connectivity index (χ3n) is 8.38. The van der Waals surface area contributed by atoms with Gasteiger partial charge in [-0.2, -0.15) is 0 Å². The lowest BCUT2D eigenvalue weighted by atomic mass is 9.88. The third kappa shape index (κ3) is 6.76. The van der Waals surface area contributed by atoms with E-state index in [0.717, 1.165) is 36.4 Å². The molecule has 43 heavy (non-hydrogen) atoms. The van der Waals surface area contributed by atoms with Gasteiger partial charge in [0.05, 0.1) is 25.0 Å². The molecule has 7 heteroatoms. The molecule has 3 atom stereocenters. The predicted molar refractivity (Wildman–Crippen MR) is 175 cm³/mol. The molecule has 1 saturated heterocycles. The Hall–Kier alpha value is -4.13. The number of methoxy groups -OCH3 is 1. The van der Waals surface area contributed by atoms with Crippen molar-refractivity contribution in [3.8, 4) is 22.4 Å². The van der Waals surface area contributed by atoms with Crippen LogP contribution >= 0.6 is 0 Å². The summed E-state index contributed by atoms with van der Waals surface area (Å²) in [4.78, 5) is 34.4. The molecule has 5 rings (SSSR count). The molecule has 0 saturated carbocycles. The molecule has 1 aromatic heterocycles. The summed E-state index contributed by atoms with van der Waals surface area (Å²) < 4.78 is 4.60. The number of amides is 2. The van der Waals surface area contributed by atoms with Crippen LogP contribution in [0.3, 0.4) is 0 Å². The van der Waals surface area contributed by atoms with Crippen LogP contribution in [-0.2, 0) is 9.53 Å². The first-order valence-corrected chi connectivity index (χ1v) is 15.5. The summed E-state index contributed by atoms with van der Waals surface area (Å²) in [7, 11) is 1.28. The average Bonchev–Trinajstić information content (AvgIpc) is 3.76. The summed E-state index contributed by atoms with van der Waals surface area (Å²) >= 11 is 0. The van der Waals surface area contributed by atoms with E-state index in [9.17, 15) is 9.59 Å². The van der Waals surface area contributed by atoms with Crippen LogP contribution in [0.5, 0.6) is 0 Å². The topological polar surface area (TPSA) is 87.3 Å². The summed E-state index contributed by atoms with van der Waals surface area (Å²) in [5.74, 6) is 1.52. The summed E-state index contributed by atoms with van der Waals surface area (Å²) in [5, 5.41) is 2.49. The van der Waals surface area contributed by atoms with E-state index in [1.54, 1.807) is 4.90 Å². The quantitative estimate of drug-likeness (QED) is 0.274. The molecule has 2 aromatic carbocycles. The largest absolute Gasteiger partial charge is 0.453 e. The number of H-pyrrole nitrogens is 1. The molecule has 2 heterocycles. The summed E-state index contributed by atoms with van der Waals surface area (Å²) in [6, 6.07) is 13.1. The molecule has 1 fully saturated rings. The Morgan fingerprint density at radius 3 is 2.37 bits per heavy atom. The van der Waals surface area contributed by atoms with E-state index >= 15 is 0 Å². The summed E-state index contributed by atoms with van der Waals surface area (Å²) in [6.07, 6.45) is 9.34. The van der Waals surface area contributed by atoms with Crippen LogP contribution in [0.2, 0.25) is 0 Å². The Balaban J connectivity index is 0.00000135. The molecule has 0 bridgehead atoms. The molecule has 2 amide bonds. The van der Waals surface area contributed by atoms with Crippen molar-refractivity contribution in [2.75, 3.05) is 20.2 Å². The normalized spacial score (nSPS) is 19.3. The number of alkyl carbamates (subject to hydrolysis) is 1. The van der Waals surface area contributed by atoms with Crippen molar-refractivity contribution in [2.45, 2.75) is 78.2 Å². The first-order chi connectivity index (χ1) is 20.8.